The summed E-state index contributed by atoms with van der Waals surface area (Å²) in [5, 5.41) is 18.8. The normalized spacial score (nSPS) is 18.5. The Bertz CT molecular complexity index is 1250. The molecule has 3 N–H and O–H groups in total. The van der Waals surface area contributed by atoms with E-state index in [1.165, 1.54) is 10.9 Å². The fourth-order valence-corrected chi connectivity index (χ4v) is 5.08. The van der Waals surface area contributed by atoms with Gasteiger partial charge in [0.2, 0.25) is 0 Å². The maximum atomic E-state index is 12.8. The van der Waals surface area contributed by atoms with Crippen LogP contribution in [0.2, 0.25) is 0 Å². The highest BCUT2D eigenvalue weighted by Gasteiger charge is 2.32. The van der Waals surface area contributed by atoms with Gasteiger partial charge in [-0.3, -0.25) is 19.6 Å². The monoisotopic (exact) mass is 474 g/mol. The molecule has 0 saturated heterocycles. The van der Waals surface area contributed by atoms with Crippen molar-refractivity contribution in [2.45, 2.75) is 31.2 Å². The molecule has 2 atom stereocenters. The minimum atomic E-state index is -0.847. The molecule has 5 rings (SSSR count). The average molecular weight is 475 g/mol. The zero-order valence-corrected chi connectivity index (χ0v) is 19.2. The molecule has 3 aromatic rings. The van der Waals surface area contributed by atoms with Crippen LogP contribution in [-0.4, -0.2) is 45.5 Å². The van der Waals surface area contributed by atoms with Crippen LogP contribution in [0.25, 0.3) is 11.1 Å². The molecule has 9 heteroatoms. The highest BCUT2D eigenvalue weighted by Crippen LogP contribution is 2.44. The zero-order chi connectivity index (χ0) is 24.5. The second-order valence-corrected chi connectivity index (χ2v) is 9.00. The number of hydrogen-bond acceptors (Lipinski definition) is 5. The van der Waals surface area contributed by atoms with E-state index in [-0.39, 0.29) is 29.9 Å². The Labute approximate surface area is 202 Å². The van der Waals surface area contributed by atoms with E-state index in [0.29, 0.717) is 19.3 Å². The number of amides is 2. The predicted octanol–water partition coefficient (Wildman–Crippen LogP) is 3.76. The van der Waals surface area contributed by atoms with Crippen LogP contribution in [0.15, 0.2) is 54.7 Å². The fourth-order valence-electron chi connectivity index (χ4n) is 5.08. The molecule has 1 heterocycles. The van der Waals surface area contributed by atoms with Gasteiger partial charge < -0.3 is 15.2 Å². The summed E-state index contributed by atoms with van der Waals surface area (Å²) in [6, 6.07) is 15.9. The van der Waals surface area contributed by atoms with E-state index >= 15 is 0 Å². The lowest BCUT2D eigenvalue weighted by atomic mass is 9.98. The number of aliphatic carboxylic acids is 1. The van der Waals surface area contributed by atoms with Crippen molar-refractivity contribution in [2.24, 2.45) is 13.0 Å². The first-order valence-electron chi connectivity index (χ1n) is 11.6. The zero-order valence-electron chi connectivity index (χ0n) is 19.2. The van der Waals surface area contributed by atoms with Crippen LogP contribution >= 0.6 is 0 Å². The molecule has 2 aliphatic rings. The van der Waals surface area contributed by atoms with Crippen LogP contribution < -0.4 is 10.6 Å². The lowest BCUT2D eigenvalue weighted by Crippen LogP contribution is -2.34. The van der Waals surface area contributed by atoms with Gasteiger partial charge in [0.05, 0.1) is 12.1 Å². The fraction of sp³-hybridized carbons (Fsp3) is 0.308. The Kier molecular flexibility index (Phi) is 5.98. The highest BCUT2D eigenvalue weighted by atomic mass is 16.5. The van der Waals surface area contributed by atoms with Crippen LogP contribution in [0.5, 0.6) is 0 Å². The Balaban J connectivity index is 1.24. The van der Waals surface area contributed by atoms with Gasteiger partial charge in [-0.2, -0.15) is 5.10 Å². The molecule has 2 unspecified atom stereocenters. The quantitative estimate of drug-likeness (QED) is 0.500. The second kappa shape index (κ2) is 9.25. The van der Waals surface area contributed by atoms with E-state index in [0.717, 1.165) is 22.3 Å². The SMILES string of the molecule is Cn1ncc(C(=O)NC2CCC(C(=O)O)C2)c1NC(=O)OCC1c2ccccc2-c2ccccc21. The average Bonchev–Trinajstić information content (AvgIpc) is 3.54. The Morgan fingerprint density at radius 3 is 2.34 bits per heavy atom. The number of ether oxygens (including phenoxy) is 1. The Morgan fingerprint density at radius 1 is 1.06 bits per heavy atom. The number of carboxylic acids is 1. The van der Waals surface area contributed by atoms with Gasteiger partial charge in [-0.25, -0.2) is 4.79 Å². The lowest BCUT2D eigenvalue weighted by molar-refractivity contribution is -0.141. The van der Waals surface area contributed by atoms with Crippen molar-refractivity contribution in [2.75, 3.05) is 11.9 Å². The molecule has 2 aromatic carbocycles. The minimum Gasteiger partial charge on any atom is -0.481 e. The molecular formula is C26H26N4O5. The standard InChI is InChI=1S/C26H26N4O5/c1-30-23(21(13-27-30)24(31)28-16-11-10-15(12-16)25(32)33)29-26(34)35-14-22-19-8-4-2-6-17(19)18-7-3-5-9-20(18)22/h2-9,13,15-16,22H,10-12,14H2,1H3,(H,28,31)(H,29,34)(H,32,33). The van der Waals surface area contributed by atoms with Crippen molar-refractivity contribution in [3.63, 3.8) is 0 Å². The summed E-state index contributed by atoms with van der Waals surface area (Å²) in [6.07, 6.45) is 2.20. The van der Waals surface area contributed by atoms with Crippen LogP contribution in [-0.2, 0) is 16.6 Å². The number of carbonyl (C=O) groups is 3. The molecule has 1 saturated carbocycles. The molecule has 1 aromatic heterocycles. The first kappa shape index (κ1) is 22.6. The molecule has 2 aliphatic carbocycles. The smallest absolute Gasteiger partial charge is 0.412 e. The summed E-state index contributed by atoms with van der Waals surface area (Å²) in [5.74, 6) is -1.57. The summed E-state index contributed by atoms with van der Waals surface area (Å²) in [5.41, 5.74) is 4.69. The van der Waals surface area contributed by atoms with Crippen molar-refractivity contribution in [3.05, 3.63) is 71.4 Å². The number of anilines is 1. The third-order valence-corrected chi connectivity index (χ3v) is 6.86. The van der Waals surface area contributed by atoms with Crippen molar-refractivity contribution in [1.29, 1.82) is 0 Å². The molecule has 0 aliphatic heterocycles. The molecule has 9 nitrogen and oxygen atoms in total. The third kappa shape index (κ3) is 4.37. The first-order valence-corrected chi connectivity index (χ1v) is 11.6. The van der Waals surface area contributed by atoms with Gasteiger partial charge in [-0.05, 0) is 41.5 Å². The van der Waals surface area contributed by atoms with E-state index in [1.54, 1.807) is 7.05 Å². The number of aromatic nitrogens is 2. The Morgan fingerprint density at radius 2 is 1.71 bits per heavy atom. The first-order chi connectivity index (χ1) is 16.9. The number of aryl methyl sites for hydroxylation is 1. The van der Waals surface area contributed by atoms with Crippen LogP contribution in [0.3, 0.4) is 0 Å². The number of rotatable bonds is 6. The summed E-state index contributed by atoms with van der Waals surface area (Å²) in [6.45, 7) is 0.151. The van der Waals surface area contributed by atoms with Gasteiger partial charge in [0.15, 0.2) is 0 Å². The lowest BCUT2D eigenvalue weighted by Gasteiger charge is -2.16. The minimum absolute atomic E-state index is 0.0768. The highest BCUT2D eigenvalue weighted by molar-refractivity contribution is 6.01. The molecule has 35 heavy (non-hydrogen) atoms. The van der Waals surface area contributed by atoms with E-state index in [9.17, 15) is 19.5 Å². The Hall–Kier alpha value is -4.14. The largest absolute Gasteiger partial charge is 0.481 e. The summed E-state index contributed by atoms with van der Waals surface area (Å²) in [7, 11) is 1.62. The topological polar surface area (TPSA) is 123 Å². The number of carbonyl (C=O) groups excluding carboxylic acids is 2. The predicted molar refractivity (Wildman–Crippen MR) is 128 cm³/mol. The van der Waals surface area contributed by atoms with Crippen molar-refractivity contribution in [3.8, 4) is 11.1 Å². The van der Waals surface area contributed by atoms with E-state index in [2.05, 4.69) is 27.9 Å². The number of fused-ring (bicyclic) bond motifs is 3. The van der Waals surface area contributed by atoms with Crippen LogP contribution in [0.1, 0.15) is 46.7 Å². The van der Waals surface area contributed by atoms with Crippen molar-refractivity contribution >= 4 is 23.8 Å². The number of hydrogen-bond donors (Lipinski definition) is 3. The van der Waals surface area contributed by atoms with Gasteiger partial charge in [0.25, 0.3) is 5.91 Å². The van der Waals surface area contributed by atoms with Gasteiger partial charge in [-0.15, -0.1) is 0 Å². The van der Waals surface area contributed by atoms with E-state index in [4.69, 9.17) is 4.74 Å². The number of carboxylic acid groups (broad SMARTS) is 1. The summed E-state index contributed by atoms with van der Waals surface area (Å²) >= 11 is 0. The van der Waals surface area contributed by atoms with Crippen molar-refractivity contribution in [1.82, 2.24) is 15.1 Å². The van der Waals surface area contributed by atoms with E-state index < -0.39 is 23.9 Å². The molecule has 1 fully saturated rings. The molecule has 0 radical (unpaired) electrons. The molecule has 2 amide bonds. The number of nitrogens with zero attached hydrogens (tertiary/aromatic N) is 2. The van der Waals surface area contributed by atoms with Crippen LogP contribution in [0, 0.1) is 5.92 Å². The molecule has 0 bridgehead atoms. The molecular weight excluding hydrogens is 448 g/mol. The van der Waals surface area contributed by atoms with Gasteiger partial charge >= 0.3 is 12.1 Å². The second-order valence-electron chi connectivity index (χ2n) is 9.00. The molecule has 180 valence electrons. The maximum Gasteiger partial charge on any atom is 0.412 e. The number of nitrogens with one attached hydrogen (secondary N) is 2. The van der Waals surface area contributed by atoms with Crippen LogP contribution in [0.4, 0.5) is 10.6 Å². The maximum absolute atomic E-state index is 12.8. The summed E-state index contributed by atoms with van der Waals surface area (Å²) < 4.78 is 6.98. The van der Waals surface area contributed by atoms with Gasteiger partial charge in [0, 0.05) is 19.0 Å². The van der Waals surface area contributed by atoms with Gasteiger partial charge in [-0.1, -0.05) is 48.5 Å². The number of benzene rings is 2. The van der Waals surface area contributed by atoms with Crippen molar-refractivity contribution < 1.29 is 24.2 Å². The molecule has 0 spiro atoms. The van der Waals surface area contributed by atoms with Gasteiger partial charge in [0.1, 0.15) is 18.0 Å². The summed E-state index contributed by atoms with van der Waals surface area (Å²) in [4.78, 5) is 36.7. The van der Waals surface area contributed by atoms with E-state index in [1.807, 2.05) is 36.4 Å². The third-order valence-electron chi connectivity index (χ3n) is 6.86.